The Labute approximate surface area is 213 Å². The van der Waals surface area contributed by atoms with E-state index < -0.39 is 18.4 Å². The Kier molecular flexibility index (Phi) is 20.9. The van der Waals surface area contributed by atoms with Crippen LogP contribution < -0.4 is 0 Å². The molecule has 206 valence electrons. The van der Waals surface area contributed by atoms with Crippen LogP contribution in [0.4, 0.5) is 0 Å². The summed E-state index contributed by atoms with van der Waals surface area (Å²) in [6.07, 6.45) is 16.5. The fraction of sp³-hybridized carbons (Fsp3) is 0.852. The second kappa shape index (κ2) is 21.8. The van der Waals surface area contributed by atoms with Gasteiger partial charge < -0.3 is 28.9 Å². The maximum atomic E-state index is 11.8. The summed E-state index contributed by atoms with van der Waals surface area (Å²) in [6.45, 7) is 2.55. The van der Waals surface area contributed by atoms with Gasteiger partial charge in [-0.2, -0.15) is 0 Å². The van der Waals surface area contributed by atoms with Gasteiger partial charge in [0, 0.05) is 6.42 Å². The molecular weight excluding hydrogens is 450 g/mol. The fourth-order valence-electron chi connectivity index (χ4n) is 3.30. The van der Waals surface area contributed by atoms with E-state index in [9.17, 15) is 14.7 Å². The molecule has 0 rings (SSSR count). The summed E-state index contributed by atoms with van der Waals surface area (Å²) in [4.78, 5) is 23.1. The minimum absolute atomic E-state index is 0.210. The molecule has 0 aromatic heterocycles. The molecule has 2 atom stereocenters. The van der Waals surface area contributed by atoms with E-state index in [2.05, 4.69) is 19.1 Å². The normalized spacial score (nSPS) is 13.7. The average molecular weight is 503 g/mol. The Morgan fingerprint density at radius 2 is 1.40 bits per heavy atom. The first-order chi connectivity index (χ1) is 16.7. The van der Waals surface area contributed by atoms with Gasteiger partial charge in [-0.25, -0.2) is 4.79 Å². The molecular formula is C27H52NO7+. The number of hydrogen-bond acceptors (Lipinski definition) is 6. The summed E-state index contributed by atoms with van der Waals surface area (Å²) in [6, 6.07) is 0. The average Bonchev–Trinajstić information content (AvgIpc) is 2.79. The summed E-state index contributed by atoms with van der Waals surface area (Å²) >= 11 is 0. The molecule has 8 heteroatoms. The van der Waals surface area contributed by atoms with Gasteiger partial charge in [-0.05, 0) is 32.1 Å². The molecule has 35 heavy (non-hydrogen) atoms. The van der Waals surface area contributed by atoms with Crippen molar-refractivity contribution in [1.29, 1.82) is 0 Å². The highest BCUT2D eigenvalue weighted by atomic mass is 16.7. The van der Waals surface area contributed by atoms with Crippen molar-refractivity contribution in [3.8, 4) is 0 Å². The van der Waals surface area contributed by atoms with Gasteiger partial charge in [0.05, 0.1) is 34.4 Å². The van der Waals surface area contributed by atoms with Gasteiger partial charge in [0.2, 0.25) is 0 Å². The number of esters is 1. The number of unbranched alkanes of at least 4 members (excludes halogenated alkanes) is 10. The molecule has 0 spiro atoms. The molecule has 0 aliphatic carbocycles. The van der Waals surface area contributed by atoms with E-state index >= 15 is 0 Å². The quantitative estimate of drug-likeness (QED) is 0.0649. The van der Waals surface area contributed by atoms with Crippen molar-refractivity contribution in [3.63, 3.8) is 0 Å². The highest BCUT2D eigenvalue weighted by Crippen LogP contribution is 2.10. The van der Waals surface area contributed by atoms with Crippen molar-refractivity contribution >= 4 is 11.9 Å². The van der Waals surface area contributed by atoms with Gasteiger partial charge >= 0.3 is 11.9 Å². The molecule has 0 bridgehead atoms. The highest BCUT2D eigenvalue weighted by molar-refractivity contribution is 5.70. The van der Waals surface area contributed by atoms with Gasteiger partial charge in [0.15, 0.2) is 0 Å². The zero-order valence-electron chi connectivity index (χ0n) is 22.7. The number of allylic oxidation sites excluding steroid dienone is 2. The lowest BCUT2D eigenvalue weighted by molar-refractivity contribution is -0.870. The highest BCUT2D eigenvalue weighted by Gasteiger charge is 2.22. The fourth-order valence-corrected chi connectivity index (χ4v) is 3.30. The smallest absolute Gasteiger partial charge is 0.361 e. The number of likely N-dealkylation sites (N-methyl/N-ethyl adjacent to an activating group) is 1. The summed E-state index contributed by atoms with van der Waals surface area (Å²) in [7, 11) is 5.90. The molecule has 0 saturated heterocycles. The zero-order chi connectivity index (χ0) is 26.4. The number of carboxylic acid groups (broad SMARTS) is 1. The Hall–Kier alpha value is -1.48. The van der Waals surface area contributed by atoms with E-state index in [1.165, 1.54) is 44.9 Å². The number of carboxylic acids is 1. The number of quaternary nitrogens is 1. The van der Waals surface area contributed by atoms with Gasteiger partial charge in [0.25, 0.3) is 6.29 Å². The van der Waals surface area contributed by atoms with Gasteiger partial charge in [-0.3, -0.25) is 4.79 Å². The van der Waals surface area contributed by atoms with E-state index in [0.717, 1.165) is 32.1 Å². The van der Waals surface area contributed by atoms with Crippen LogP contribution in [0.25, 0.3) is 0 Å². The van der Waals surface area contributed by atoms with Crippen LogP contribution in [-0.4, -0.2) is 86.5 Å². The lowest BCUT2D eigenvalue weighted by atomic mass is 10.1. The third-order valence-corrected chi connectivity index (χ3v) is 5.50. The molecule has 0 fully saturated rings. The van der Waals surface area contributed by atoms with Crippen LogP contribution in [-0.2, 0) is 23.8 Å². The number of carbonyl (C=O) groups excluding carboxylic acids is 1. The molecule has 0 aromatic rings. The van der Waals surface area contributed by atoms with Crippen LogP contribution in [0.1, 0.15) is 90.4 Å². The Bertz CT molecular complexity index is 560. The van der Waals surface area contributed by atoms with Crippen molar-refractivity contribution < 1.29 is 38.5 Å². The standard InChI is InChI=1S/C27H51NO7/c1-5-6-7-8-9-10-11-12-13-14-15-16-17-18-19-25(30)34-22-24(29)23-35-27(26(31)32)33-21-20-28(2,3)4/h11-12,24,27,29H,5-10,13-23H2,1-4H3/p+1/b12-11-. The van der Waals surface area contributed by atoms with Crippen molar-refractivity contribution in [2.24, 2.45) is 0 Å². The first kappa shape index (κ1) is 33.5. The van der Waals surface area contributed by atoms with Crippen molar-refractivity contribution in [2.45, 2.75) is 103 Å². The van der Waals surface area contributed by atoms with E-state index in [1.54, 1.807) is 0 Å². The monoisotopic (exact) mass is 502 g/mol. The summed E-state index contributed by atoms with van der Waals surface area (Å²) in [5.74, 6) is -1.62. The molecule has 0 saturated carbocycles. The van der Waals surface area contributed by atoms with Crippen LogP contribution in [0, 0.1) is 0 Å². The molecule has 0 aliphatic heterocycles. The number of hydrogen-bond donors (Lipinski definition) is 2. The van der Waals surface area contributed by atoms with Gasteiger partial charge in [-0.1, -0.05) is 64.0 Å². The molecule has 0 heterocycles. The third-order valence-electron chi connectivity index (χ3n) is 5.50. The number of aliphatic hydroxyl groups excluding tert-OH is 1. The second-order valence-electron chi connectivity index (χ2n) is 10.2. The van der Waals surface area contributed by atoms with Crippen LogP contribution in [0.2, 0.25) is 0 Å². The Balaban J connectivity index is 3.69. The second-order valence-corrected chi connectivity index (χ2v) is 10.2. The Morgan fingerprint density at radius 1 is 0.829 bits per heavy atom. The van der Waals surface area contributed by atoms with E-state index in [0.29, 0.717) is 17.4 Å². The SMILES string of the molecule is CCCCCCC/C=C\CCCCCCCC(=O)OCC(O)COC(OCC[N+](C)(C)C)C(=O)O. The molecule has 0 amide bonds. The lowest BCUT2D eigenvalue weighted by Crippen LogP contribution is -2.40. The first-order valence-electron chi connectivity index (χ1n) is 13.4. The molecule has 2 unspecified atom stereocenters. The predicted molar refractivity (Wildman–Crippen MR) is 138 cm³/mol. The molecule has 2 N–H and O–H groups in total. The number of carbonyl (C=O) groups is 2. The molecule has 0 aromatic carbocycles. The van der Waals surface area contributed by atoms with E-state index in [-0.39, 0.29) is 25.8 Å². The summed E-state index contributed by atoms with van der Waals surface area (Å²) in [5.41, 5.74) is 0. The molecule has 8 nitrogen and oxygen atoms in total. The van der Waals surface area contributed by atoms with Crippen molar-refractivity contribution in [3.05, 3.63) is 12.2 Å². The topological polar surface area (TPSA) is 102 Å². The summed E-state index contributed by atoms with van der Waals surface area (Å²) < 4.78 is 16.0. The van der Waals surface area contributed by atoms with E-state index in [1.807, 2.05) is 21.1 Å². The van der Waals surface area contributed by atoms with Crippen LogP contribution in [0.3, 0.4) is 0 Å². The predicted octanol–water partition coefficient (Wildman–Crippen LogP) is 4.69. The maximum Gasteiger partial charge on any atom is 0.361 e. The van der Waals surface area contributed by atoms with Gasteiger partial charge in [0.1, 0.15) is 19.3 Å². The first-order valence-corrected chi connectivity index (χ1v) is 13.4. The summed E-state index contributed by atoms with van der Waals surface area (Å²) in [5, 5.41) is 19.1. The maximum absolute atomic E-state index is 11.8. The largest absolute Gasteiger partial charge is 0.477 e. The minimum Gasteiger partial charge on any atom is -0.477 e. The van der Waals surface area contributed by atoms with Crippen LogP contribution >= 0.6 is 0 Å². The molecule has 0 aliphatic rings. The van der Waals surface area contributed by atoms with Crippen LogP contribution in [0.15, 0.2) is 12.2 Å². The Morgan fingerprint density at radius 3 is 1.97 bits per heavy atom. The lowest BCUT2D eigenvalue weighted by Gasteiger charge is -2.24. The van der Waals surface area contributed by atoms with Crippen molar-refractivity contribution in [1.82, 2.24) is 0 Å². The third kappa shape index (κ3) is 24.0. The minimum atomic E-state index is -1.46. The van der Waals surface area contributed by atoms with E-state index in [4.69, 9.17) is 19.3 Å². The molecule has 0 radical (unpaired) electrons. The number of rotatable bonds is 24. The number of ether oxygens (including phenoxy) is 3. The number of aliphatic hydroxyl groups is 1. The number of nitrogens with zero attached hydrogens (tertiary/aromatic N) is 1. The van der Waals surface area contributed by atoms with Gasteiger partial charge in [-0.15, -0.1) is 0 Å². The number of aliphatic carboxylic acids is 1. The zero-order valence-corrected chi connectivity index (χ0v) is 22.7. The van der Waals surface area contributed by atoms with Crippen LogP contribution in [0.5, 0.6) is 0 Å². The van der Waals surface area contributed by atoms with Crippen molar-refractivity contribution in [2.75, 3.05) is 47.5 Å².